The van der Waals surface area contributed by atoms with Gasteiger partial charge in [0.2, 0.25) is 0 Å². The third-order valence-corrected chi connectivity index (χ3v) is 5.77. The van der Waals surface area contributed by atoms with E-state index in [0.717, 1.165) is 45.8 Å². The Balaban J connectivity index is 1.74. The Bertz CT molecular complexity index is 554. The van der Waals surface area contributed by atoms with Crippen LogP contribution in [0.15, 0.2) is 18.2 Å². The number of ether oxygens (including phenoxy) is 2. The van der Waals surface area contributed by atoms with Gasteiger partial charge < -0.3 is 24.8 Å². The van der Waals surface area contributed by atoms with Crippen molar-refractivity contribution < 1.29 is 14.6 Å². The van der Waals surface area contributed by atoms with E-state index in [0.29, 0.717) is 18.0 Å². The van der Waals surface area contributed by atoms with Gasteiger partial charge in [0.1, 0.15) is 12.7 Å². The first-order valence-corrected chi connectivity index (χ1v) is 11.7. The first kappa shape index (κ1) is 23.3. The molecule has 0 amide bonds. The summed E-state index contributed by atoms with van der Waals surface area (Å²) in [4.78, 5) is 4.74. The van der Waals surface area contributed by atoms with Crippen LogP contribution in [0.1, 0.15) is 18.9 Å². The highest BCUT2D eigenvalue weighted by Crippen LogP contribution is 2.28. The van der Waals surface area contributed by atoms with Crippen molar-refractivity contribution in [2.45, 2.75) is 26.0 Å². The summed E-state index contributed by atoms with van der Waals surface area (Å²) in [5.41, 5.74) is 1.17. The Hall–Kier alpha value is -0.990. The van der Waals surface area contributed by atoms with Crippen LogP contribution in [0.5, 0.6) is 11.5 Å². The van der Waals surface area contributed by atoms with Gasteiger partial charge in [-0.05, 0) is 49.2 Å². The minimum Gasteiger partial charge on any atom is -0.493 e. The number of methoxy groups -OCH3 is 1. The summed E-state index contributed by atoms with van der Waals surface area (Å²) >= 11 is 1.87. The van der Waals surface area contributed by atoms with E-state index < -0.39 is 6.10 Å². The molecule has 0 spiro atoms. The van der Waals surface area contributed by atoms with E-state index >= 15 is 0 Å². The average molecular weight is 412 g/mol. The number of benzene rings is 1. The zero-order valence-corrected chi connectivity index (χ0v) is 18.5. The maximum atomic E-state index is 10.4. The van der Waals surface area contributed by atoms with E-state index in [4.69, 9.17) is 9.47 Å². The van der Waals surface area contributed by atoms with Crippen molar-refractivity contribution in [1.82, 2.24) is 15.1 Å². The van der Waals surface area contributed by atoms with Gasteiger partial charge in [0, 0.05) is 39.3 Å². The van der Waals surface area contributed by atoms with Crippen LogP contribution in [-0.2, 0) is 6.54 Å². The van der Waals surface area contributed by atoms with E-state index in [1.165, 1.54) is 17.7 Å². The third kappa shape index (κ3) is 8.17. The second kappa shape index (κ2) is 13.3. The van der Waals surface area contributed by atoms with Crippen LogP contribution in [0.2, 0.25) is 0 Å². The molecule has 1 unspecified atom stereocenters. The Labute approximate surface area is 174 Å². The standard InChI is InChI=1S/C21H37N3O3S/c1-4-23-9-11-24(12-10-23)16-19(25)17-27-20-7-6-18(14-21(20)26-2)15-22-8-5-13-28-3/h6-7,14,19,22,25H,4-5,8-13,15-17H2,1-3H3. The summed E-state index contributed by atoms with van der Waals surface area (Å²) in [7, 11) is 1.65. The molecule has 1 saturated heterocycles. The molecule has 0 aromatic heterocycles. The molecule has 7 heteroatoms. The summed E-state index contributed by atoms with van der Waals surface area (Å²) < 4.78 is 11.3. The van der Waals surface area contributed by atoms with Gasteiger partial charge in [-0.15, -0.1) is 0 Å². The van der Waals surface area contributed by atoms with Gasteiger partial charge in [-0.1, -0.05) is 13.0 Å². The largest absolute Gasteiger partial charge is 0.493 e. The predicted molar refractivity (Wildman–Crippen MR) is 118 cm³/mol. The van der Waals surface area contributed by atoms with Crippen molar-refractivity contribution in [1.29, 1.82) is 0 Å². The topological polar surface area (TPSA) is 57.2 Å². The van der Waals surface area contributed by atoms with Crippen molar-refractivity contribution >= 4 is 11.8 Å². The summed E-state index contributed by atoms with van der Waals surface area (Å²) in [6.07, 6.45) is 2.80. The quantitative estimate of drug-likeness (QED) is 0.481. The van der Waals surface area contributed by atoms with E-state index in [1.807, 2.05) is 23.9 Å². The molecule has 0 aliphatic carbocycles. The van der Waals surface area contributed by atoms with Gasteiger partial charge in [0.25, 0.3) is 0 Å². The molecular weight excluding hydrogens is 374 g/mol. The monoisotopic (exact) mass is 411 g/mol. The third-order valence-electron chi connectivity index (χ3n) is 5.07. The molecule has 2 rings (SSSR count). The predicted octanol–water partition coefficient (Wildman–Crippen LogP) is 1.92. The fraction of sp³-hybridized carbons (Fsp3) is 0.714. The van der Waals surface area contributed by atoms with Crippen molar-refractivity contribution in [2.24, 2.45) is 0 Å². The second-order valence-corrected chi connectivity index (χ2v) is 8.19. The number of aliphatic hydroxyl groups excluding tert-OH is 1. The number of hydrogen-bond donors (Lipinski definition) is 2. The molecule has 1 atom stereocenters. The highest BCUT2D eigenvalue weighted by atomic mass is 32.2. The van der Waals surface area contributed by atoms with Gasteiger partial charge in [-0.2, -0.15) is 11.8 Å². The van der Waals surface area contributed by atoms with Gasteiger partial charge in [0.05, 0.1) is 7.11 Å². The van der Waals surface area contributed by atoms with Crippen LogP contribution in [0.25, 0.3) is 0 Å². The van der Waals surface area contributed by atoms with E-state index in [-0.39, 0.29) is 6.61 Å². The molecule has 2 N–H and O–H groups in total. The summed E-state index contributed by atoms with van der Waals surface area (Å²) in [5.74, 6) is 2.58. The molecule has 6 nitrogen and oxygen atoms in total. The molecule has 160 valence electrons. The molecule has 1 heterocycles. The maximum Gasteiger partial charge on any atom is 0.161 e. The smallest absolute Gasteiger partial charge is 0.161 e. The Kier molecular flexibility index (Phi) is 11.0. The van der Waals surface area contributed by atoms with Crippen LogP contribution in [-0.4, -0.2) is 92.5 Å². The normalized spacial score (nSPS) is 16.9. The number of thioether (sulfide) groups is 1. The minimum atomic E-state index is -0.504. The van der Waals surface area contributed by atoms with Crippen LogP contribution < -0.4 is 14.8 Å². The Morgan fingerprint density at radius 3 is 2.61 bits per heavy atom. The molecule has 0 bridgehead atoms. The lowest BCUT2D eigenvalue weighted by Gasteiger charge is -2.34. The number of β-amino-alcohol motifs (C(OH)–C–C–N with tert-alkyl or cyclic N) is 1. The molecule has 0 saturated carbocycles. The van der Waals surface area contributed by atoms with E-state index in [1.54, 1.807) is 7.11 Å². The molecule has 1 aromatic rings. The first-order chi connectivity index (χ1) is 13.7. The fourth-order valence-electron chi connectivity index (χ4n) is 3.34. The van der Waals surface area contributed by atoms with E-state index in [9.17, 15) is 5.11 Å². The van der Waals surface area contributed by atoms with Crippen LogP contribution in [0.4, 0.5) is 0 Å². The van der Waals surface area contributed by atoms with Gasteiger partial charge in [0.15, 0.2) is 11.5 Å². The number of likely N-dealkylation sites (N-methyl/N-ethyl adjacent to an activating group) is 1. The van der Waals surface area contributed by atoms with Crippen LogP contribution in [0, 0.1) is 0 Å². The van der Waals surface area contributed by atoms with Crippen molar-refractivity contribution in [3.05, 3.63) is 23.8 Å². The number of aliphatic hydroxyl groups is 1. The van der Waals surface area contributed by atoms with Gasteiger partial charge >= 0.3 is 0 Å². The number of nitrogens with zero attached hydrogens (tertiary/aromatic N) is 2. The van der Waals surface area contributed by atoms with Crippen molar-refractivity contribution in [3.8, 4) is 11.5 Å². The second-order valence-electron chi connectivity index (χ2n) is 7.21. The maximum absolute atomic E-state index is 10.4. The van der Waals surface area contributed by atoms with Crippen LogP contribution in [0.3, 0.4) is 0 Å². The zero-order chi connectivity index (χ0) is 20.2. The molecule has 1 aromatic carbocycles. The molecule has 1 aliphatic rings. The number of hydrogen-bond acceptors (Lipinski definition) is 7. The van der Waals surface area contributed by atoms with Crippen LogP contribution >= 0.6 is 11.8 Å². The SMILES string of the molecule is CCN1CCN(CC(O)COc2ccc(CNCCCSC)cc2OC)CC1. The summed E-state index contributed by atoms with van der Waals surface area (Å²) in [5, 5.41) is 13.8. The summed E-state index contributed by atoms with van der Waals surface area (Å²) in [6, 6.07) is 5.99. The van der Waals surface area contributed by atoms with Gasteiger partial charge in [-0.3, -0.25) is 4.90 Å². The lowest BCUT2D eigenvalue weighted by molar-refractivity contribution is 0.0464. The van der Waals surface area contributed by atoms with E-state index in [2.05, 4.69) is 34.4 Å². The van der Waals surface area contributed by atoms with Crippen molar-refractivity contribution in [3.63, 3.8) is 0 Å². The fourth-order valence-corrected chi connectivity index (χ4v) is 3.77. The number of rotatable bonds is 13. The molecular formula is C21H37N3O3S. The number of nitrogens with one attached hydrogen (secondary N) is 1. The van der Waals surface area contributed by atoms with Gasteiger partial charge in [-0.25, -0.2) is 0 Å². The lowest BCUT2D eigenvalue weighted by atomic mass is 10.2. The first-order valence-electron chi connectivity index (χ1n) is 10.3. The zero-order valence-electron chi connectivity index (χ0n) is 17.7. The molecule has 1 fully saturated rings. The highest BCUT2D eigenvalue weighted by molar-refractivity contribution is 7.98. The highest BCUT2D eigenvalue weighted by Gasteiger charge is 2.19. The molecule has 0 radical (unpaired) electrons. The minimum absolute atomic E-state index is 0.274. The Morgan fingerprint density at radius 1 is 1.18 bits per heavy atom. The number of piperazine rings is 1. The molecule has 1 aliphatic heterocycles. The average Bonchev–Trinajstić information content (AvgIpc) is 2.73. The Morgan fingerprint density at radius 2 is 1.93 bits per heavy atom. The summed E-state index contributed by atoms with van der Waals surface area (Å²) in [6.45, 7) is 10.2. The van der Waals surface area contributed by atoms with Crippen molar-refractivity contribution in [2.75, 3.05) is 71.5 Å². The molecule has 28 heavy (non-hydrogen) atoms. The lowest BCUT2D eigenvalue weighted by Crippen LogP contribution is -2.49.